The molecule has 1 fully saturated rings. The lowest BCUT2D eigenvalue weighted by Crippen LogP contribution is -2.52. The lowest BCUT2D eigenvalue weighted by molar-refractivity contribution is 0.282. The summed E-state index contributed by atoms with van der Waals surface area (Å²) in [5.74, 6) is 0.368. The van der Waals surface area contributed by atoms with E-state index in [9.17, 15) is 5.11 Å². The van der Waals surface area contributed by atoms with Crippen molar-refractivity contribution >= 4 is 5.69 Å². The molecule has 1 unspecified atom stereocenters. The highest BCUT2D eigenvalue weighted by Gasteiger charge is 2.29. The van der Waals surface area contributed by atoms with E-state index in [0.717, 1.165) is 26.1 Å². The number of phenols is 1. The first-order valence-corrected chi connectivity index (χ1v) is 6.59. The fourth-order valence-electron chi connectivity index (χ4n) is 3.02. The van der Waals surface area contributed by atoms with Crippen molar-refractivity contribution < 1.29 is 5.11 Å². The van der Waals surface area contributed by atoms with Gasteiger partial charge in [0, 0.05) is 25.3 Å². The minimum atomic E-state index is 0.368. The summed E-state index contributed by atoms with van der Waals surface area (Å²) >= 11 is 0. The van der Waals surface area contributed by atoms with Crippen LogP contribution in [0.4, 0.5) is 5.69 Å². The van der Waals surface area contributed by atoms with Crippen LogP contribution >= 0.6 is 0 Å². The summed E-state index contributed by atoms with van der Waals surface area (Å²) in [6, 6.07) is 6.25. The number of nitrogens with zero attached hydrogens (tertiary/aromatic N) is 2. The molecule has 0 saturated carbocycles. The zero-order chi connectivity index (χ0) is 12.7. The van der Waals surface area contributed by atoms with Gasteiger partial charge in [0.15, 0.2) is 0 Å². The Morgan fingerprint density at radius 1 is 1.28 bits per heavy atom. The SMILES string of the molecule is CC1=CCc2cc(O)ccc2N2CCN(C)CC12. The second kappa shape index (κ2) is 4.32. The normalized spacial score (nSPS) is 24.0. The van der Waals surface area contributed by atoms with Crippen LogP contribution in [0.5, 0.6) is 5.75 Å². The summed E-state index contributed by atoms with van der Waals surface area (Å²) in [4.78, 5) is 4.89. The van der Waals surface area contributed by atoms with Gasteiger partial charge in [-0.2, -0.15) is 0 Å². The molecule has 1 saturated heterocycles. The Morgan fingerprint density at radius 2 is 2.11 bits per heavy atom. The first-order valence-electron chi connectivity index (χ1n) is 6.59. The molecule has 0 aromatic heterocycles. The molecule has 1 aromatic carbocycles. The molecule has 0 radical (unpaired) electrons. The third-order valence-electron chi connectivity index (χ3n) is 4.13. The monoisotopic (exact) mass is 244 g/mol. The van der Waals surface area contributed by atoms with Gasteiger partial charge in [0.25, 0.3) is 0 Å². The summed E-state index contributed by atoms with van der Waals surface area (Å²) in [6.45, 7) is 5.47. The number of piperazine rings is 1. The quantitative estimate of drug-likeness (QED) is 0.707. The Balaban J connectivity index is 2.05. The third kappa shape index (κ3) is 1.89. The van der Waals surface area contributed by atoms with Crippen LogP contribution in [0.1, 0.15) is 12.5 Å². The Bertz CT molecular complexity index is 495. The lowest BCUT2D eigenvalue weighted by Gasteiger charge is -2.42. The maximum atomic E-state index is 9.64. The van der Waals surface area contributed by atoms with Crippen molar-refractivity contribution in [2.45, 2.75) is 19.4 Å². The van der Waals surface area contributed by atoms with Crippen LogP contribution in [-0.2, 0) is 6.42 Å². The van der Waals surface area contributed by atoms with Crippen LogP contribution < -0.4 is 4.90 Å². The first-order chi connectivity index (χ1) is 8.65. The van der Waals surface area contributed by atoms with Gasteiger partial charge in [-0.1, -0.05) is 11.6 Å². The second-order valence-corrected chi connectivity index (χ2v) is 5.44. The predicted molar refractivity (Wildman–Crippen MR) is 74.2 cm³/mol. The largest absolute Gasteiger partial charge is 0.508 e. The van der Waals surface area contributed by atoms with Gasteiger partial charge >= 0.3 is 0 Å². The first kappa shape index (κ1) is 11.6. The molecular formula is C15H20N2O. The van der Waals surface area contributed by atoms with Crippen molar-refractivity contribution in [1.82, 2.24) is 4.90 Å². The Labute approximate surface area is 108 Å². The summed E-state index contributed by atoms with van der Waals surface area (Å²) in [5.41, 5.74) is 3.97. The maximum Gasteiger partial charge on any atom is 0.116 e. The second-order valence-electron chi connectivity index (χ2n) is 5.44. The molecule has 2 heterocycles. The lowest BCUT2D eigenvalue weighted by atomic mass is 10.0. The van der Waals surface area contributed by atoms with E-state index in [1.54, 1.807) is 6.07 Å². The Morgan fingerprint density at radius 3 is 2.94 bits per heavy atom. The highest BCUT2D eigenvalue weighted by atomic mass is 16.3. The predicted octanol–water partition coefficient (Wildman–Crippen LogP) is 2.01. The van der Waals surface area contributed by atoms with Crippen molar-refractivity contribution in [3.8, 4) is 5.75 Å². The molecular weight excluding hydrogens is 224 g/mol. The molecule has 0 bridgehead atoms. The third-order valence-corrected chi connectivity index (χ3v) is 4.13. The molecule has 0 amide bonds. The maximum absolute atomic E-state index is 9.64. The number of anilines is 1. The molecule has 1 aromatic rings. The van der Waals surface area contributed by atoms with E-state index in [4.69, 9.17) is 0 Å². The number of fused-ring (bicyclic) bond motifs is 3. The fourth-order valence-corrected chi connectivity index (χ4v) is 3.02. The molecule has 3 nitrogen and oxygen atoms in total. The van der Waals surface area contributed by atoms with E-state index in [1.165, 1.54) is 16.8 Å². The number of aromatic hydroxyl groups is 1. The van der Waals surface area contributed by atoms with Gasteiger partial charge in [-0.05, 0) is 44.2 Å². The number of hydrogen-bond donors (Lipinski definition) is 1. The number of hydrogen-bond acceptors (Lipinski definition) is 3. The van der Waals surface area contributed by atoms with Crippen LogP contribution in [0.2, 0.25) is 0 Å². The van der Waals surface area contributed by atoms with E-state index in [2.05, 4.69) is 35.9 Å². The smallest absolute Gasteiger partial charge is 0.116 e. The van der Waals surface area contributed by atoms with Gasteiger partial charge in [-0.15, -0.1) is 0 Å². The molecule has 2 aliphatic heterocycles. The van der Waals surface area contributed by atoms with Crippen molar-refractivity contribution in [2.75, 3.05) is 31.6 Å². The summed E-state index contributed by atoms with van der Waals surface area (Å²) < 4.78 is 0. The number of benzene rings is 1. The average molecular weight is 244 g/mol. The fraction of sp³-hybridized carbons (Fsp3) is 0.467. The van der Waals surface area contributed by atoms with Crippen LogP contribution in [0.25, 0.3) is 0 Å². The number of likely N-dealkylation sites (N-methyl/N-ethyl adjacent to an activating group) is 1. The Kier molecular flexibility index (Phi) is 2.78. The highest BCUT2D eigenvalue weighted by molar-refractivity contribution is 5.60. The van der Waals surface area contributed by atoms with E-state index in [0.29, 0.717) is 11.8 Å². The van der Waals surface area contributed by atoms with E-state index >= 15 is 0 Å². The summed E-state index contributed by atoms with van der Waals surface area (Å²) in [7, 11) is 2.19. The van der Waals surface area contributed by atoms with Crippen LogP contribution in [-0.4, -0.2) is 42.7 Å². The average Bonchev–Trinajstić information content (AvgIpc) is 2.48. The molecule has 3 heteroatoms. The number of allylic oxidation sites excluding steroid dienone is 1. The van der Waals surface area contributed by atoms with Gasteiger partial charge in [0.1, 0.15) is 5.75 Å². The van der Waals surface area contributed by atoms with Crippen molar-refractivity contribution in [2.24, 2.45) is 0 Å². The molecule has 0 aliphatic carbocycles. The zero-order valence-corrected chi connectivity index (χ0v) is 11.1. The zero-order valence-electron chi connectivity index (χ0n) is 11.1. The van der Waals surface area contributed by atoms with Crippen molar-refractivity contribution in [1.29, 1.82) is 0 Å². The topological polar surface area (TPSA) is 26.7 Å². The van der Waals surface area contributed by atoms with Gasteiger partial charge in [-0.25, -0.2) is 0 Å². The van der Waals surface area contributed by atoms with Gasteiger partial charge in [-0.3, -0.25) is 0 Å². The minimum Gasteiger partial charge on any atom is -0.508 e. The molecule has 96 valence electrons. The van der Waals surface area contributed by atoms with E-state index < -0.39 is 0 Å². The minimum absolute atomic E-state index is 0.368. The van der Waals surface area contributed by atoms with Crippen LogP contribution in [0.15, 0.2) is 29.8 Å². The van der Waals surface area contributed by atoms with E-state index in [-0.39, 0.29) is 0 Å². The van der Waals surface area contributed by atoms with Crippen molar-refractivity contribution in [3.05, 3.63) is 35.4 Å². The number of rotatable bonds is 0. The van der Waals surface area contributed by atoms with Crippen molar-refractivity contribution in [3.63, 3.8) is 0 Å². The van der Waals surface area contributed by atoms with Gasteiger partial charge in [0.2, 0.25) is 0 Å². The molecule has 1 atom stereocenters. The molecule has 18 heavy (non-hydrogen) atoms. The van der Waals surface area contributed by atoms with E-state index in [1.807, 2.05) is 6.07 Å². The Hall–Kier alpha value is -1.48. The van der Waals surface area contributed by atoms with Crippen LogP contribution in [0, 0.1) is 0 Å². The molecule has 1 N–H and O–H groups in total. The molecule has 3 rings (SSSR count). The summed E-state index contributed by atoms with van der Waals surface area (Å²) in [6.07, 6.45) is 3.23. The number of phenolic OH excluding ortho intramolecular Hbond substituents is 1. The molecule has 0 spiro atoms. The van der Waals surface area contributed by atoms with Gasteiger partial charge < -0.3 is 14.9 Å². The summed E-state index contributed by atoms with van der Waals surface area (Å²) in [5, 5.41) is 9.64. The standard InChI is InChI=1S/C15H20N2O/c1-11-3-4-12-9-13(18)5-6-14(12)17-8-7-16(2)10-15(11)17/h3,5-6,9,15,18H,4,7-8,10H2,1-2H3. The highest BCUT2D eigenvalue weighted by Crippen LogP contribution is 2.33. The molecule has 2 aliphatic rings. The van der Waals surface area contributed by atoms with Gasteiger partial charge in [0.05, 0.1) is 6.04 Å². The van der Waals surface area contributed by atoms with Crippen LogP contribution in [0.3, 0.4) is 0 Å².